The molecular weight excluding hydrogens is 204 g/mol. The zero-order valence-corrected chi connectivity index (χ0v) is 9.82. The second-order valence-electron chi connectivity index (χ2n) is 3.80. The molecule has 0 aliphatic carbocycles. The van der Waals surface area contributed by atoms with Gasteiger partial charge < -0.3 is 9.84 Å². The van der Waals surface area contributed by atoms with Gasteiger partial charge >= 0.3 is 5.97 Å². The Morgan fingerprint density at radius 3 is 2.69 bits per heavy atom. The van der Waals surface area contributed by atoms with Crippen LogP contribution in [-0.4, -0.2) is 18.2 Å². The monoisotopic (exact) mass is 222 g/mol. The second-order valence-corrected chi connectivity index (χ2v) is 3.80. The maximum absolute atomic E-state index is 11.0. The van der Waals surface area contributed by atoms with Crippen molar-refractivity contribution in [3.05, 3.63) is 29.3 Å². The van der Waals surface area contributed by atoms with E-state index in [1.807, 2.05) is 6.07 Å². The van der Waals surface area contributed by atoms with Crippen LogP contribution in [0.15, 0.2) is 18.2 Å². The first kappa shape index (κ1) is 12.6. The molecular formula is C13H18O3. The van der Waals surface area contributed by atoms with E-state index in [4.69, 9.17) is 9.84 Å². The van der Waals surface area contributed by atoms with Gasteiger partial charge in [-0.05, 0) is 30.5 Å². The first-order valence-corrected chi connectivity index (χ1v) is 5.59. The molecule has 0 bridgehead atoms. The third kappa shape index (κ3) is 3.26. The maximum Gasteiger partial charge on any atom is 0.339 e. The summed E-state index contributed by atoms with van der Waals surface area (Å²) >= 11 is 0. The van der Waals surface area contributed by atoms with Gasteiger partial charge in [0.15, 0.2) is 0 Å². The van der Waals surface area contributed by atoms with E-state index in [1.54, 1.807) is 12.1 Å². The Hall–Kier alpha value is -1.51. The van der Waals surface area contributed by atoms with Crippen LogP contribution in [0.4, 0.5) is 0 Å². The lowest BCUT2D eigenvalue weighted by Crippen LogP contribution is -2.01. The summed E-state index contributed by atoms with van der Waals surface area (Å²) in [4.78, 5) is 11.0. The summed E-state index contributed by atoms with van der Waals surface area (Å²) < 4.78 is 5.01. The molecule has 0 spiro atoms. The Balaban J connectivity index is 2.81. The van der Waals surface area contributed by atoms with Crippen molar-refractivity contribution in [3.8, 4) is 5.75 Å². The van der Waals surface area contributed by atoms with Crippen LogP contribution < -0.4 is 4.74 Å². The van der Waals surface area contributed by atoms with Crippen LogP contribution in [-0.2, 0) is 6.42 Å². The minimum Gasteiger partial charge on any atom is -0.496 e. The summed E-state index contributed by atoms with van der Waals surface area (Å²) in [6.07, 6.45) is 4.37. The molecule has 0 aliphatic heterocycles. The summed E-state index contributed by atoms with van der Waals surface area (Å²) in [6, 6.07) is 5.36. The smallest absolute Gasteiger partial charge is 0.339 e. The van der Waals surface area contributed by atoms with E-state index in [0.29, 0.717) is 5.75 Å². The molecule has 0 aliphatic rings. The third-order valence-corrected chi connectivity index (χ3v) is 2.56. The highest BCUT2D eigenvalue weighted by atomic mass is 16.5. The number of carboxylic acids is 1. The first-order valence-electron chi connectivity index (χ1n) is 5.59. The van der Waals surface area contributed by atoms with E-state index < -0.39 is 5.97 Å². The molecule has 0 amide bonds. The predicted molar refractivity (Wildman–Crippen MR) is 63.2 cm³/mol. The van der Waals surface area contributed by atoms with Crippen molar-refractivity contribution in [2.45, 2.75) is 32.6 Å². The normalized spacial score (nSPS) is 10.1. The van der Waals surface area contributed by atoms with E-state index in [2.05, 4.69) is 6.92 Å². The zero-order valence-electron chi connectivity index (χ0n) is 9.82. The summed E-state index contributed by atoms with van der Waals surface area (Å²) in [7, 11) is 1.48. The fourth-order valence-corrected chi connectivity index (χ4v) is 1.66. The molecule has 16 heavy (non-hydrogen) atoms. The van der Waals surface area contributed by atoms with E-state index in [1.165, 1.54) is 20.0 Å². The lowest BCUT2D eigenvalue weighted by molar-refractivity contribution is 0.0693. The summed E-state index contributed by atoms with van der Waals surface area (Å²) in [6.45, 7) is 2.15. The molecule has 0 fully saturated rings. The molecule has 0 saturated carbocycles. The van der Waals surface area contributed by atoms with Gasteiger partial charge in [0.2, 0.25) is 0 Å². The fourth-order valence-electron chi connectivity index (χ4n) is 1.66. The fraction of sp³-hybridized carbons (Fsp3) is 0.462. The largest absolute Gasteiger partial charge is 0.496 e. The van der Waals surface area contributed by atoms with Gasteiger partial charge in [-0.25, -0.2) is 4.79 Å². The molecule has 3 nitrogen and oxygen atoms in total. The highest BCUT2D eigenvalue weighted by Crippen LogP contribution is 2.20. The van der Waals surface area contributed by atoms with E-state index in [9.17, 15) is 4.79 Å². The van der Waals surface area contributed by atoms with Crippen LogP contribution >= 0.6 is 0 Å². The van der Waals surface area contributed by atoms with Crippen molar-refractivity contribution in [1.82, 2.24) is 0 Å². The molecule has 1 rings (SSSR count). The number of aromatic carboxylic acids is 1. The van der Waals surface area contributed by atoms with Gasteiger partial charge in [0, 0.05) is 0 Å². The minimum atomic E-state index is -0.936. The summed E-state index contributed by atoms with van der Waals surface area (Å²) in [5, 5.41) is 9.01. The standard InChI is InChI=1S/C13H18O3/c1-3-4-5-6-10-7-8-12(16-2)11(9-10)13(14)15/h7-9H,3-6H2,1-2H3,(H,14,15). The quantitative estimate of drug-likeness (QED) is 0.752. The van der Waals surface area contributed by atoms with Crippen molar-refractivity contribution < 1.29 is 14.6 Å². The average Bonchev–Trinajstić information content (AvgIpc) is 2.29. The van der Waals surface area contributed by atoms with Crippen LogP contribution in [0, 0.1) is 0 Å². The molecule has 1 aromatic rings. The third-order valence-electron chi connectivity index (χ3n) is 2.56. The number of benzene rings is 1. The molecule has 0 aromatic heterocycles. The Kier molecular flexibility index (Phi) is 4.83. The molecule has 1 N–H and O–H groups in total. The Bertz CT molecular complexity index is 358. The van der Waals surface area contributed by atoms with Gasteiger partial charge in [-0.3, -0.25) is 0 Å². The number of carboxylic acid groups (broad SMARTS) is 1. The van der Waals surface area contributed by atoms with Crippen LogP contribution in [0.3, 0.4) is 0 Å². The summed E-state index contributed by atoms with van der Waals surface area (Å²) in [5.74, 6) is -0.513. The predicted octanol–water partition coefficient (Wildman–Crippen LogP) is 3.13. The van der Waals surface area contributed by atoms with E-state index in [-0.39, 0.29) is 5.56 Å². The molecule has 88 valence electrons. The number of ether oxygens (including phenoxy) is 1. The van der Waals surface area contributed by atoms with Gasteiger partial charge in [-0.15, -0.1) is 0 Å². The van der Waals surface area contributed by atoms with Crippen molar-refractivity contribution >= 4 is 5.97 Å². The van der Waals surface area contributed by atoms with Crippen molar-refractivity contribution in [3.63, 3.8) is 0 Å². The highest BCUT2D eigenvalue weighted by Gasteiger charge is 2.11. The van der Waals surface area contributed by atoms with Gasteiger partial charge in [0.05, 0.1) is 7.11 Å². The van der Waals surface area contributed by atoms with Crippen molar-refractivity contribution in [1.29, 1.82) is 0 Å². The Labute approximate surface area is 96.1 Å². The zero-order chi connectivity index (χ0) is 12.0. The molecule has 1 aromatic carbocycles. The first-order chi connectivity index (χ1) is 7.69. The van der Waals surface area contributed by atoms with Crippen molar-refractivity contribution in [2.24, 2.45) is 0 Å². The lowest BCUT2D eigenvalue weighted by atomic mass is 10.0. The molecule has 3 heteroatoms. The lowest BCUT2D eigenvalue weighted by Gasteiger charge is -2.07. The molecule has 0 unspecified atom stereocenters. The molecule has 0 saturated heterocycles. The van der Waals surface area contributed by atoms with Crippen molar-refractivity contribution in [2.75, 3.05) is 7.11 Å². The Morgan fingerprint density at radius 2 is 2.12 bits per heavy atom. The number of unbranched alkanes of at least 4 members (excludes halogenated alkanes) is 2. The van der Waals surface area contributed by atoms with Gasteiger partial charge in [0.25, 0.3) is 0 Å². The number of aryl methyl sites for hydroxylation is 1. The van der Waals surface area contributed by atoms with E-state index in [0.717, 1.165) is 18.4 Å². The van der Waals surface area contributed by atoms with Gasteiger partial charge in [-0.2, -0.15) is 0 Å². The summed E-state index contributed by atoms with van der Waals surface area (Å²) in [5.41, 5.74) is 1.31. The molecule has 0 radical (unpaired) electrons. The maximum atomic E-state index is 11.0. The van der Waals surface area contributed by atoms with Crippen LogP contribution in [0.5, 0.6) is 5.75 Å². The van der Waals surface area contributed by atoms with Gasteiger partial charge in [0.1, 0.15) is 11.3 Å². The topological polar surface area (TPSA) is 46.5 Å². The minimum absolute atomic E-state index is 0.247. The Morgan fingerprint density at radius 1 is 1.38 bits per heavy atom. The highest BCUT2D eigenvalue weighted by molar-refractivity contribution is 5.91. The average molecular weight is 222 g/mol. The van der Waals surface area contributed by atoms with Crippen LogP contribution in [0.2, 0.25) is 0 Å². The number of rotatable bonds is 6. The number of hydrogen-bond donors (Lipinski definition) is 1. The number of hydrogen-bond acceptors (Lipinski definition) is 2. The van der Waals surface area contributed by atoms with Gasteiger partial charge in [-0.1, -0.05) is 25.8 Å². The van der Waals surface area contributed by atoms with E-state index >= 15 is 0 Å². The number of carbonyl (C=O) groups is 1. The molecule has 0 heterocycles. The SMILES string of the molecule is CCCCCc1ccc(OC)c(C(=O)O)c1. The second kappa shape index (κ2) is 6.16. The van der Waals surface area contributed by atoms with Crippen LogP contribution in [0.25, 0.3) is 0 Å². The molecule has 0 atom stereocenters. The van der Waals surface area contributed by atoms with Crippen LogP contribution in [0.1, 0.15) is 42.1 Å². The number of methoxy groups -OCH3 is 1.